The number of carbonyl (C=O) groups is 1. The molecule has 3 N–H and O–H groups in total. The number of hydrogen-bond acceptors (Lipinski definition) is 6. The summed E-state index contributed by atoms with van der Waals surface area (Å²) >= 11 is 0. The van der Waals surface area contributed by atoms with E-state index >= 15 is 0 Å². The highest BCUT2D eigenvalue weighted by molar-refractivity contribution is 7.89. The fourth-order valence-corrected chi connectivity index (χ4v) is 4.87. The lowest BCUT2D eigenvalue weighted by Gasteiger charge is -2.34. The Labute approximate surface area is 171 Å². The largest absolute Gasteiger partial charge is 0.339 e. The van der Waals surface area contributed by atoms with E-state index in [0.29, 0.717) is 24.3 Å². The van der Waals surface area contributed by atoms with Crippen LogP contribution in [0.1, 0.15) is 5.56 Å². The summed E-state index contributed by atoms with van der Waals surface area (Å²) in [5.41, 5.74) is 7.74. The van der Waals surface area contributed by atoms with Gasteiger partial charge in [-0.1, -0.05) is 18.2 Å². The zero-order valence-electron chi connectivity index (χ0n) is 16.7. The second kappa shape index (κ2) is 9.00. The number of nitrogens with zero attached hydrogens (tertiary/aromatic N) is 3. The summed E-state index contributed by atoms with van der Waals surface area (Å²) in [6, 6.07) is 9.50. The van der Waals surface area contributed by atoms with Gasteiger partial charge in [0, 0.05) is 44.5 Å². The summed E-state index contributed by atoms with van der Waals surface area (Å²) in [7, 11) is -1.95. The number of rotatable bonds is 6. The molecule has 0 radical (unpaired) electrons. The van der Waals surface area contributed by atoms with Crippen LogP contribution in [0, 0.1) is 6.92 Å². The maximum Gasteiger partial charge on any atom is 0.242 e. The highest BCUT2D eigenvalue weighted by atomic mass is 32.2. The predicted octanol–water partition coefficient (Wildman–Crippen LogP) is 0.437. The van der Waals surface area contributed by atoms with E-state index in [4.69, 9.17) is 5.73 Å². The first kappa shape index (κ1) is 21.4. The Balaban J connectivity index is 1.84. The first-order chi connectivity index (χ1) is 13.8. The van der Waals surface area contributed by atoms with Crippen LogP contribution in [0.5, 0.6) is 0 Å². The van der Waals surface area contributed by atoms with Crippen LogP contribution in [0.3, 0.4) is 0 Å². The van der Waals surface area contributed by atoms with Gasteiger partial charge in [-0.05, 0) is 37.7 Å². The minimum absolute atomic E-state index is 0.108. The van der Waals surface area contributed by atoms with Gasteiger partial charge in [-0.15, -0.1) is 0 Å². The van der Waals surface area contributed by atoms with Gasteiger partial charge >= 0.3 is 0 Å². The van der Waals surface area contributed by atoms with Gasteiger partial charge in [-0.3, -0.25) is 9.78 Å². The summed E-state index contributed by atoms with van der Waals surface area (Å²) in [5, 5.41) is 0. The normalized spacial score (nSPS) is 16.6. The third-order valence-electron chi connectivity index (χ3n) is 5.16. The minimum atomic E-state index is -3.94. The van der Waals surface area contributed by atoms with Crippen LogP contribution in [0.2, 0.25) is 0 Å². The van der Waals surface area contributed by atoms with E-state index < -0.39 is 16.1 Å². The summed E-state index contributed by atoms with van der Waals surface area (Å²) in [5.74, 6) is -0.289. The Kier molecular flexibility index (Phi) is 6.63. The lowest BCUT2D eigenvalue weighted by molar-refractivity contribution is -0.134. The van der Waals surface area contributed by atoms with Crippen molar-refractivity contribution in [2.45, 2.75) is 17.9 Å². The molecule has 1 saturated heterocycles. The Morgan fingerprint density at radius 3 is 2.52 bits per heavy atom. The van der Waals surface area contributed by atoms with Crippen LogP contribution in [0.15, 0.2) is 47.5 Å². The van der Waals surface area contributed by atoms with Crippen molar-refractivity contribution in [3.63, 3.8) is 0 Å². The number of pyridine rings is 1. The number of likely N-dealkylation sites (N-methyl/N-ethyl adjacent to an activating group) is 1. The van der Waals surface area contributed by atoms with Crippen LogP contribution < -0.4 is 10.5 Å². The molecule has 0 aliphatic carbocycles. The zero-order chi connectivity index (χ0) is 21.0. The predicted molar refractivity (Wildman–Crippen MR) is 112 cm³/mol. The molecule has 1 atom stereocenters. The molecule has 2 aromatic rings. The molecule has 1 fully saturated rings. The smallest absolute Gasteiger partial charge is 0.242 e. The molecular weight excluding hydrogens is 390 g/mol. The Morgan fingerprint density at radius 2 is 1.90 bits per heavy atom. The standard InChI is InChI=1S/C20H27N5O3S/c1-15-16(17-7-3-4-9-22-17)6-5-8-19(15)29(27,28)23-18(14-21)20(26)25-12-10-24(2)11-13-25/h3-9,18,23H,10-14,21H2,1-2H3/t18-/m0/s1. The molecule has 0 bridgehead atoms. The van der Waals surface area contributed by atoms with Gasteiger partial charge in [0.15, 0.2) is 0 Å². The molecule has 1 aliphatic rings. The number of sulfonamides is 1. The minimum Gasteiger partial charge on any atom is -0.339 e. The third kappa shape index (κ3) is 4.81. The quantitative estimate of drug-likeness (QED) is 0.706. The fourth-order valence-electron chi connectivity index (χ4n) is 3.40. The molecule has 1 aliphatic heterocycles. The highest BCUT2D eigenvalue weighted by Crippen LogP contribution is 2.26. The third-order valence-corrected chi connectivity index (χ3v) is 6.78. The fraction of sp³-hybridized carbons (Fsp3) is 0.400. The van der Waals surface area contributed by atoms with E-state index in [9.17, 15) is 13.2 Å². The maximum atomic E-state index is 13.1. The van der Waals surface area contributed by atoms with E-state index in [1.54, 1.807) is 30.2 Å². The van der Waals surface area contributed by atoms with Crippen molar-refractivity contribution in [2.75, 3.05) is 39.8 Å². The molecular formula is C20H27N5O3S. The molecule has 0 saturated carbocycles. The number of piperazine rings is 1. The number of amides is 1. The molecule has 2 heterocycles. The van der Waals surface area contributed by atoms with Gasteiger partial charge in [0.2, 0.25) is 15.9 Å². The molecule has 1 aromatic heterocycles. The summed E-state index contributed by atoms with van der Waals surface area (Å²) in [6.07, 6.45) is 1.66. The first-order valence-electron chi connectivity index (χ1n) is 9.54. The van der Waals surface area contributed by atoms with Crippen molar-refractivity contribution in [2.24, 2.45) is 5.73 Å². The summed E-state index contributed by atoms with van der Waals surface area (Å²) < 4.78 is 28.7. The monoisotopic (exact) mass is 417 g/mol. The van der Waals surface area contributed by atoms with Gasteiger partial charge in [0.1, 0.15) is 6.04 Å². The van der Waals surface area contributed by atoms with Crippen molar-refractivity contribution in [1.29, 1.82) is 0 Å². The second-order valence-electron chi connectivity index (χ2n) is 7.18. The van der Waals surface area contributed by atoms with Gasteiger partial charge in [0.25, 0.3) is 0 Å². The number of hydrogen-bond donors (Lipinski definition) is 2. The average molecular weight is 418 g/mol. The second-order valence-corrected chi connectivity index (χ2v) is 8.86. The van der Waals surface area contributed by atoms with E-state index in [-0.39, 0.29) is 17.3 Å². The lowest BCUT2D eigenvalue weighted by atomic mass is 10.1. The number of carbonyl (C=O) groups excluding carboxylic acids is 1. The number of benzene rings is 1. The van der Waals surface area contributed by atoms with Crippen molar-refractivity contribution in [1.82, 2.24) is 19.5 Å². The molecule has 8 nitrogen and oxygen atoms in total. The topological polar surface area (TPSA) is 109 Å². The van der Waals surface area contributed by atoms with Gasteiger partial charge < -0.3 is 15.5 Å². The Morgan fingerprint density at radius 1 is 1.17 bits per heavy atom. The molecule has 0 unspecified atom stereocenters. The zero-order valence-corrected chi connectivity index (χ0v) is 17.5. The number of nitrogens with one attached hydrogen (secondary N) is 1. The Hall–Kier alpha value is -2.33. The van der Waals surface area contributed by atoms with Crippen molar-refractivity contribution in [3.05, 3.63) is 48.2 Å². The molecule has 9 heteroatoms. The van der Waals surface area contributed by atoms with Crippen molar-refractivity contribution in [3.8, 4) is 11.3 Å². The van der Waals surface area contributed by atoms with Crippen LogP contribution in [0.25, 0.3) is 11.3 Å². The maximum absolute atomic E-state index is 13.1. The molecule has 29 heavy (non-hydrogen) atoms. The van der Waals surface area contributed by atoms with Crippen LogP contribution in [-0.2, 0) is 14.8 Å². The SMILES string of the molecule is Cc1c(-c2ccccn2)cccc1S(=O)(=O)N[C@@H](CN)C(=O)N1CCN(C)CC1. The van der Waals surface area contributed by atoms with E-state index in [1.807, 2.05) is 25.2 Å². The molecule has 1 amide bonds. The summed E-state index contributed by atoms with van der Waals surface area (Å²) in [6.45, 7) is 4.24. The van der Waals surface area contributed by atoms with Crippen LogP contribution >= 0.6 is 0 Å². The number of aromatic nitrogens is 1. The summed E-state index contributed by atoms with van der Waals surface area (Å²) in [4.78, 5) is 21.0. The lowest BCUT2D eigenvalue weighted by Crippen LogP contribution is -2.56. The van der Waals surface area contributed by atoms with Crippen LogP contribution in [0.4, 0.5) is 0 Å². The van der Waals surface area contributed by atoms with Crippen molar-refractivity contribution >= 4 is 15.9 Å². The first-order valence-corrected chi connectivity index (χ1v) is 11.0. The van der Waals surface area contributed by atoms with Crippen molar-refractivity contribution < 1.29 is 13.2 Å². The van der Waals surface area contributed by atoms with Gasteiger partial charge in [0.05, 0.1) is 10.6 Å². The molecule has 156 valence electrons. The van der Waals surface area contributed by atoms with E-state index in [0.717, 1.165) is 18.7 Å². The van der Waals surface area contributed by atoms with Gasteiger partial charge in [-0.25, -0.2) is 8.42 Å². The molecule has 3 rings (SSSR count). The highest BCUT2D eigenvalue weighted by Gasteiger charge is 2.30. The number of nitrogens with two attached hydrogens (primary N) is 1. The van der Waals surface area contributed by atoms with Crippen LogP contribution in [-0.4, -0.2) is 74.9 Å². The van der Waals surface area contributed by atoms with Gasteiger partial charge in [-0.2, -0.15) is 4.72 Å². The Bertz CT molecular complexity index is 957. The molecule has 0 spiro atoms. The molecule has 1 aromatic carbocycles. The van der Waals surface area contributed by atoms with E-state index in [1.165, 1.54) is 6.07 Å². The average Bonchev–Trinajstić information content (AvgIpc) is 2.73. The van der Waals surface area contributed by atoms with E-state index in [2.05, 4.69) is 14.6 Å².